The molecule has 1 aliphatic carbocycles. The first-order chi connectivity index (χ1) is 18.1. The number of rotatable bonds is 6. The van der Waals surface area contributed by atoms with E-state index in [1.807, 2.05) is 38.1 Å². The first-order valence-electron chi connectivity index (χ1n) is 14.3. The Hall–Kier alpha value is -2.92. The second-order valence-corrected chi connectivity index (χ2v) is 12.5. The van der Waals surface area contributed by atoms with Gasteiger partial charge in [-0.25, -0.2) is 0 Å². The van der Waals surface area contributed by atoms with Crippen LogP contribution >= 0.6 is 0 Å². The summed E-state index contributed by atoms with van der Waals surface area (Å²) < 4.78 is 0. The second-order valence-electron chi connectivity index (χ2n) is 12.5. The lowest BCUT2D eigenvalue weighted by Crippen LogP contribution is -2.55. The molecule has 38 heavy (non-hydrogen) atoms. The fraction of sp³-hybridized carbons (Fsp3) is 0.667. The molecule has 3 aliphatic heterocycles. The number of benzene rings is 1. The molecule has 4 aliphatic rings. The van der Waals surface area contributed by atoms with Crippen molar-refractivity contribution in [3.8, 4) is 6.07 Å². The summed E-state index contributed by atoms with van der Waals surface area (Å²) in [5, 5.41) is 13.0. The van der Waals surface area contributed by atoms with Gasteiger partial charge in [0, 0.05) is 32.2 Å². The zero-order chi connectivity index (χ0) is 27.2. The van der Waals surface area contributed by atoms with Gasteiger partial charge in [0.2, 0.25) is 17.7 Å². The molecule has 0 unspecified atom stereocenters. The van der Waals surface area contributed by atoms with Gasteiger partial charge in [-0.2, -0.15) is 5.26 Å². The summed E-state index contributed by atoms with van der Waals surface area (Å²) in [6.07, 6.45) is 6.44. The Kier molecular flexibility index (Phi) is 7.02. The molecule has 8 nitrogen and oxygen atoms in total. The van der Waals surface area contributed by atoms with E-state index in [0.717, 1.165) is 30.8 Å². The number of anilines is 1. The third-order valence-electron chi connectivity index (χ3n) is 9.67. The Labute approximate surface area is 226 Å². The van der Waals surface area contributed by atoms with Crippen molar-refractivity contribution in [3.05, 3.63) is 29.8 Å². The molecule has 0 bridgehead atoms. The van der Waals surface area contributed by atoms with Crippen molar-refractivity contribution in [1.29, 1.82) is 5.26 Å². The smallest absolute Gasteiger partial charge is 0.246 e. The van der Waals surface area contributed by atoms with Crippen molar-refractivity contribution in [1.82, 2.24) is 14.7 Å². The van der Waals surface area contributed by atoms with Crippen LogP contribution in [0.2, 0.25) is 0 Å². The zero-order valence-electron chi connectivity index (χ0n) is 23.2. The van der Waals surface area contributed by atoms with Crippen LogP contribution in [0.5, 0.6) is 0 Å². The van der Waals surface area contributed by atoms with Crippen LogP contribution in [0.1, 0.15) is 71.3 Å². The highest BCUT2D eigenvalue weighted by Gasteiger charge is 2.57. The van der Waals surface area contributed by atoms with Crippen LogP contribution in [-0.4, -0.2) is 77.2 Å². The summed E-state index contributed by atoms with van der Waals surface area (Å²) in [5.41, 5.74) is 0.885. The Bertz CT molecular complexity index is 1150. The fourth-order valence-corrected chi connectivity index (χ4v) is 7.64. The lowest BCUT2D eigenvalue weighted by molar-refractivity contribution is -0.147. The first-order valence-corrected chi connectivity index (χ1v) is 14.3. The average Bonchev–Trinajstić information content (AvgIpc) is 3.68. The summed E-state index contributed by atoms with van der Waals surface area (Å²) in [6.45, 7) is 8.13. The number of hydrogen-bond acceptors (Lipinski definition) is 5. The minimum atomic E-state index is -0.934. The van der Waals surface area contributed by atoms with Gasteiger partial charge in [0.1, 0.15) is 12.1 Å². The minimum Gasteiger partial charge on any atom is -0.332 e. The van der Waals surface area contributed by atoms with E-state index in [2.05, 4.69) is 23.2 Å². The zero-order valence-corrected chi connectivity index (χ0v) is 23.2. The van der Waals surface area contributed by atoms with Crippen LogP contribution in [0.15, 0.2) is 24.3 Å². The first kappa shape index (κ1) is 26.7. The topological polar surface area (TPSA) is 96.8 Å². The normalized spacial score (nSPS) is 28.6. The number of likely N-dealkylation sites (tertiary alicyclic amines) is 2. The van der Waals surface area contributed by atoms with Gasteiger partial charge in [0.25, 0.3) is 0 Å². The number of nitrogens with one attached hydrogen (secondary N) is 1. The van der Waals surface area contributed by atoms with Gasteiger partial charge in [-0.15, -0.1) is 0 Å². The number of carbonyl (C=O) groups excluding carboxylic acids is 3. The molecule has 0 aromatic heterocycles. The number of amides is 3. The van der Waals surface area contributed by atoms with Crippen molar-refractivity contribution in [2.45, 2.75) is 89.3 Å². The molecule has 8 heteroatoms. The number of hydrogen-bond donors (Lipinski definition) is 1. The maximum absolute atomic E-state index is 14.2. The summed E-state index contributed by atoms with van der Waals surface area (Å²) in [5.74, 6) is -0.211. The number of nitriles is 1. The largest absolute Gasteiger partial charge is 0.332 e. The van der Waals surface area contributed by atoms with Crippen molar-refractivity contribution >= 4 is 23.4 Å². The third kappa shape index (κ3) is 4.29. The molecule has 204 valence electrons. The molecular formula is C30H41N5O3. The molecule has 1 aromatic rings. The molecule has 4 atom stereocenters. The van der Waals surface area contributed by atoms with Gasteiger partial charge in [-0.05, 0) is 55.2 Å². The van der Waals surface area contributed by atoms with E-state index in [4.69, 9.17) is 0 Å². The second kappa shape index (κ2) is 10.00. The summed E-state index contributed by atoms with van der Waals surface area (Å²) in [7, 11) is 1.76. The lowest BCUT2D eigenvalue weighted by Gasteiger charge is -2.36. The predicted molar refractivity (Wildman–Crippen MR) is 145 cm³/mol. The Morgan fingerprint density at radius 3 is 2.55 bits per heavy atom. The van der Waals surface area contributed by atoms with E-state index >= 15 is 0 Å². The Morgan fingerprint density at radius 1 is 1.18 bits per heavy atom. The molecule has 1 aromatic carbocycles. The monoisotopic (exact) mass is 519 g/mol. The quantitative estimate of drug-likeness (QED) is 0.620. The average molecular weight is 520 g/mol. The van der Waals surface area contributed by atoms with Crippen molar-refractivity contribution < 1.29 is 14.4 Å². The molecule has 3 amide bonds. The predicted octanol–water partition coefficient (Wildman–Crippen LogP) is 3.53. The van der Waals surface area contributed by atoms with E-state index in [9.17, 15) is 19.6 Å². The third-order valence-corrected chi connectivity index (χ3v) is 9.67. The van der Waals surface area contributed by atoms with E-state index in [-0.39, 0.29) is 48.1 Å². The number of likely N-dealkylation sites (N-methyl/N-ethyl adjacent to an activating group) is 2. The lowest BCUT2D eigenvalue weighted by atomic mass is 9.80. The van der Waals surface area contributed by atoms with Crippen molar-refractivity contribution in [2.24, 2.45) is 11.3 Å². The molecule has 3 heterocycles. The minimum absolute atomic E-state index is 0.000924. The molecule has 1 N–H and O–H groups in total. The molecule has 3 fully saturated rings. The van der Waals surface area contributed by atoms with Gasteiger partial charge in [-0.3, -0.25) is 19.3 Å². The highest BCUT2D eigenvalue weighted by atomic mass is 16.2. The van der Waals surface area contributed by atoms with Crippen LogP contribution in [0.3, 0.4) is 0 Å². The van der Waals surface area contributed by atoms with Gasteiger partial charge in [0.05, 0.1) is 17.5 Å². The van der Waals surface area contributed by atoms with Gasteiger partial charge in [-0.1, -0.05) is 51.8 Å². The molecule has 1 saturated carbocycles. The highest BCUT2D eigenvalue weighted by Crippen LogP contribution is 2.49. The molecule has 2 saturated heterocycles. The van der Waals surface area contributed by atoms with E-state index in [0.29, 0.717) is 6.42 Å². The maximum Gasteiger partial charge on any atom is 0.246 e. The van der Waals surface area contributed by atoms with E-state index in [1.165, 1.54) is 25.7 Å². The van der Waals surface area contributed by atoms with Gasteiger partial charge < -0.3 is 15.1 Å². The maximum atomic E-state index is 14.2. The van der Waals surface area contributed by atoms with Gasteiger partial charge >= 0.3 is 0 Å². The molecular weight excluding hydrogens is 478 g/mol. The SMILES string of the molecule is CCN1CC2(CCCC2)C[C@H]1C(=O)N(C)[C@@H](CC(C)C)C(=O)N1C[C@]2(C[C@H]1C#N)C(=O)Nc1ccccc12. The number of fused-ring (bicyclic) bond motifs is 2. The number of carbonyl (C=O) groups is 3. The standard InChI is InChI=1S/C30H41N5O3/c1-5-34-18-29(12-8-9-13-29)16-25(34)26(36)33(4)24(14-20(2)3)27(37)35-19-30(15-21(35)17-31)22-10-6-7-11-23(22)32-28(30)38/h6-7,10-11,20-21,24-25H,5,8-9,12-16,18-19H2,1-4H3,(H,32,38)/t21-,24-,25-,30-/m0/s1. The van der Waals surface area contributed by atoms with E-state index < -0.39 is 17.5 Å². The van der Waals surface area contributed by atoms with Crippen LogP contribution in [0, 0.1) is 22.7 Å². The van der Waals surface area contributed by atoms with Crippen molar-refractivity contribution in [2.75, 3.05) is 32.0 Å². The Balaban J connectivity index is 1.41. The van der Waals surface area contributed by atoms with Crippen LogP contribution in [-0.2, 0) is 19.8 Å². The van der Waals surface area contributed by atoms with Crippen LogP contribution in [0.4, 0.5) is 5.69 Å². The Morgan fingerprint density at radius 2 is 1.89 bits per heavy atom. The molecule has 5 rings (SSSR count). The number of nitrogens with zero attached hydrogens (tertiary/aromatic N) is 4. The number of para-hydroxylation sites is 1. The van der Waals surface area contributed by atoms with Crippen LogP contribution < -0.4 is 5.32 Å². The van der Waals surface area contributed by atoms with Gasteiger partial charge in [0.15, 0.2) is 0 Å². The van der Waals surface area contributed by atoms with E-state index in [1.54, 1.807) is 16.8 Å². The molecule has 2 spiro atoms. The van der Waals surface area contributed by atoms with Crippen LogP contribution in [0.25, 0.3) is 0 Å². The highest BCUT2D eigenvalue weighted by molar-refractivity contribution is 6.07. The fourth-order valence-electron chi connectivity index (χ4n) is 7.64. The summed E-state index contributed by atoms with van der Waals surface area (Å²) in [4.78, 5) is 46.9. The van der Waals surface area contributed by atoms with Crippen molar-refractivity contribution in [3.63, 3.8) is 0 Å². The summed E-state index contributed by atoms with van der Waals surface area (Å²) in [6, 6.07) is 8.21. The molecule has 0 radical (unpaired) electrons. The summed E-state index contributed by atoms with van der Waals surface area (Å²) >= 11 is 0.